The number of rotatable bonds is 1. The van der Waals surface area contributed by atoms with E-state index < -0.39 is 0 Å². The summed E-state index contributed by atoms with van der Waals surface area (Å²) < 4.78 is 1.89. The van der Waals surface area contributed by atoms with E-state index >= 15 is 0 Å². The molecular formula is C12H3Br2Cl3N2S. The maximum atomic E-state index is 6.22. The van der Waals surface area contributed by atoms with E-state index in [2.05, 4.69) is 41.8 Å². The molecule has 2 aromatic heterocycles. The predicted octanol–water partition coefficient (Wildman–Crippen LogP) is 6.84. The van der Waals surface area contributed by atoms with Crippen molar-refractivity contribution in [1.82, 2.24) is 9.97 Å². The molecule has 0 aliphatic carbocycles. The van der Waals surface area contributed by atoms with Crippen molar-refractivity contribution in [3.8, 4) is 11.4 Å². The molecule has 0 N–H and O–H groups in total. The molecule has 8 heteroatoms. The highest BCUT2D eigenvalue weighted by atomic mass is 79.9. The summed E-state index contributed by atoms with van der Waals surface area (Å²) in [5.41, 5.74) is 1.44. The molecule has 0 saturated carbocycles. The van der Waals surface area contributed by atoms with Crippen LogP contribution in [0.5, 0.6) is 0 Å². The topological polar surface area (TPSA) is 25.8 Å². The molecule has 2 heterocycles. The van der Waals surface area contributed by atoms with Crippen molar-refractivity contribution in [1.29, 1.82) is 0 Å². The SMILES string of the molecule is Clc1cc(Cl)c2nc(-c3cc(Br)sc3Br)nc(Cl)c2c1. The summed E-state index contributed by atoms with van der Waals surface area (Å²) in [5.74, 6) is 0.514. The Morgan fingerprint density at radius 2 is 1.75 bits per heavy atom. The predicted molar refractivity (Wildman–Crippen MR) is 93.3 cm³/mol. The first-order valence-electron chi connectivity index (χ1n) is 5.23. The van der Waals surface area contributed by atoms with Crippen LogP contribution in [0.4, 0.5) is 0 Å². The smallest absolute Gasteiger partial charge is 0.163 e. The Morgan fingerprint density at radius 3 is 2.40 bits per heavy atom. The van der Waals surface area contributed by atoms with Crippen molar-refractivity contribution in [2.45, 2.75) is 0 Å². The Balaban J connectivity index is 2.32. The van der Waals surface area contributed by atoms with Gasteiger partial charge in [0.15, 0.2) is 5.82 Å². The van der Waals surface area contributed by atoms with Gasteiger partial charge < -0.3 is 0 Å². The Hall–Kier alpha value is 0.0900. The second-order valence-corrected chi connectivity index (χ2v) is 8.81. The van der Waals surface area contributed by atoms with Gasteiger partial charge in [-0.1, -0.05) is 34.8 Å². The first-order valence-corrected chi connectivity index (χ1v) is 8.77. The molecule has 0 bridgehead atoms. The van der Waals surface area contributed by atoms with E-state index in [0.29, 0.717) is 31.9 Å². The third-order valence-electron chi connectivity index (χ3n) is 2.57. The number of thiophene rings is 1. The van der Waals surface area contributed by atoms with E-state index in [4.69, 9.17) is 34.8 Å². The average Bonchev–Trinajstić information content (AvgIpc) is 2.69. The van der Waals surface area contributed by atoms with Crippen LogP contribution in [0.25, 0.3) is 22.3 Å². The second kappa shape index (κ2) is 5.71. The van der Waals surface area contributed by atoms with E-state index in [1.807, 2.05) is 6.07 Å². The summed E-state index contributed by atoms with van der Waals surface area (Å²) in [6.45, 7) is 0. The second-order valence-electron chi connectivity index (χ2n) is 3.86. The lowest BCUT2D eigenvalue weighted by Gasteiger charge is -2.06. The quantitative estimate of drug-likeness (QED) is 0.362. The fourth-order valence-electron chi connectivity index (χ4n) is 1.73. The molecule has 0 radical (unpaired) electrons. The third-order valence-corrected chi connectivity index (χ3v) is 5.70. The van der Waals surface area contributed by atoms with Crippen LogP contribution in [0.1, 0.15) is 0 Å². The molecule has 0 unspecified atom stereocenters. The summed E-state index contributed by atoms with van der Waals surface area (Å²) in [6, 6.07) is 5.26. The number of fused-ring (bicyclic) bond motifs is 1. The Morgan fingerprint density at radius 1 is 1.00 bits per heavy atom. The van der Waals surface area contributed by atoms with Crippen LogP contribution < -0.4 is 0 Å². The molecule has 0 amide bonds. The van der Waals surface area contributed by atoms with Crippen molar-refractivity contribution >= 4 is 88.9 Å². The van der Waals surface area contributed by atoms with E-state index in [9.17, 15) is 0 Å². The van der Waals surface area contributed by atoms with Crippen LogP contribution in [0.3, 0.4) is 0 Å². The zero-order valence-corrected chi connectivity index (χ0v) is 15.7. The van der Waals surface area contributed by atoms with E-state index in [-0.39, 0.29) is 0 Å². The van der Waals surface area contributed by atoms with Gasteiger partial charge in [0.25, 0.3) is 0 Å². The van der Waals surface area contributed by atoms with Crippen LogP contribution >= 0.6 is 78.0 Å². The number of hydrogen-bond acceptors (Lipinski definition) is 3. The van der Waals surface area contributed by atoms with E-state index in [1.165, 1.54) is 11.3 Å². The Kier molecular flexibility index (Phi) is 4.28. The molecule has 0 atom stereocenters. The van der Waals surface area contributed by atoms with Crippen molar-refractivity contribution in [3.05, 3.63) is 41.0 Å². The fourth-order valence-corrected chi connectivity index (χ4v) is 5.28. The van der Waals surface area contributed by atoms with Gasteiger partial charge in [-0.05, 0) is 50.1 Å². The van der Waals surface area contributed by atoms with Crippen LogP contribution in [-0.4, -0.2) is 9.97 Å². The van der Waals surface area contributed by atoms with Gasteiger partial charge in [0.2, 0.25) is 0 Å². The first-order chi connectivity index (χ1) is 9.45. The molecule has 3 aromatic rings. The number of benzene rings is 1. The number of aromatic nitrogens is 2. The molecule has 0 spiro atoms. The molecule has 0 aliphatic heterocycles. The molecule has 0 saturated heterocycles. The molecule has 1 aromatic carbocycles. The standard InChI is InChI=1S/C12H3Br2Cl3N2S/c13-8-3-6(10(14)20-8)12-18-9-5(11(17)19-12)1-4(15)2-7(9)16/h1-3H. The Labute approximate surface area is 150 Å². The lowest BCUT2D eigenvalue weighted by molar-refractivity contribution is 1.23. The summed E-state index contributed by atoms with van der Waals surface area (Å²) >= 11 is 26.8. The van der Waals surface area contributed by atoms with Gasteiger partial charge in [-0.2, -0.15) is 0 Å². The van der Waals surface area contributed by atoms with Crippen molar-refractivity contribution < 1.29 is 0 Å². The molecule has 0 aliphatic rings. The zero-order valence-electron chi connectivity index (χ0n) is 9.42. The summed E-state index contributed by atoms with van der Waals surface area (Å²) in [5, 5.41) is 1.91. The van der Waals surface area contributed by atoms with Crippen molar-refractivity contribution in [2.75, 3.05) is 0 Å². The van der Waals surface area contributed by atoms with E-state index in [1.54, 1.807) is 12.1 Å². The first kappa shape index (κ1) is 15.0. The highest BCUT2D eigenvalue weighted by Gasteiger charge is 2.15. The number of hydrogen-bond donors (Lipinski definition) is 0. The lowest BCUT2D eigenvalue weighted by Crippen LogP contribution is -1.92. The van der Waals surface area contributed by atoms with Gasteiger partial charge in [-0.3, -0.25) is 0 Å². The maximum absolute atomic E-state index is 6.22. The molecule has 20 heavy (non-hydrogen) atoms. The van der Waals surface area contributed by atoms with Crippen LogP contribution in [0, 0.1) is 0 Å². The van der Waals surface area contributed by atoms with Crippen molar-refractivity contribution in [3.63, 3.8) is 0 Å². The zero-order chi connectivity index (χ0) is 14.4. The van der Waals surface area contributed by atoms with Crippen molar-refractivity contribution in [2.24, 2.45) is 0 Å². The molecule has 0 fully saturated rings. The highest BCUT2D eigenvalue weighted by Crippen LogP contribution is 2.39. The summed E-state index contributed by atoms with van der Waals surface area (Å²) in [7, 11) is 0. The normalized spacial score (nSPS) is 11.2. The van der Waals surface area contributed by atoms with Gasteiger partial charge in [0.05, 0.1) is 18.1 Å². The Bertz CT molecular complexity index is 835. The van der Waals surface area contributed by atoms with Gasteiger partial charge in [0.1, 0.15) is 5.15 Å². The van der Waals surface area contributed by atoms with Crippen LogP contribution in [-0.2, 0) is 0 Å². The average molecular weight is 473 g/mol. The minimum Gasteiger partial charge on any atom is -0.226 e. The largest absolute Gasteiger partial charge is 0.226 e. The van der Waals surface area contributed by atoms with Gasteiger partial charge in [-0.15, -0.1) is 11.3 Å². The molecule has 2 nitrogen and oxygen atoms in total. The highest BCUT2D eigenvalue weighted by molar-refractivity contribution is 9.12. The van der Waals surface area contributed by atoms with Gasteiger partial charge >= 0.3 is 0 Å². The van der Waals surface area contributed by atoms with Gasteiger partial charge in [0, 0.05) is 16.0 Å². The maximum Gasteiger partial charge on any atom is 0.163 e. The number of nitrogens with zero attached hydrogens (tertiary/aromatic N) is 2. The van der Waals surface area contributed by atoms with Gasteiger partial charge in [-0.25, -0.2) is 9.97 Å². The fraction of sp³-hybridized carbons (Fsp3) is 0. The molecule has 3 rings (SSSR count). The number of halogens is 5. The third kappa shape index (κ3) is 2.72. The minimum atomic E-state index is 0.323. The summed E-state index contributed by atoms with van der Waals surface area (Å²) in [6.07, 6.45) is 0. The molecular weight excluding hydrogens is 470 g/mol. The van der Waals surface area contributed by atoms with Crippen LogP contribution in [0.15, 0.2) is 25.8 Å². The summed E-state index contributed by atoms with van der Waals surface area (Å²) in [4.78, 5) is 8.81. The minimum absolute atomic E-state index is 0.323. The van der Waals surface area contributed by atoms with E-state index in [0.717, 1.165) is 13.1 Å². The molecule has 102 valence electrons. The monoisotopic (exact) mass is 470 g/mol. The lowest BCUT2D eigenvalue weighted by atomic mass is 10.2. The van der Waals surface area contributed by atoms with Crippen LogP contribution in [0.2, 0.25) is 15.2 Å².